The second-order valence-electron chi connectivity index (χ2n) is 6.53. The van der Waals surface area contributed by atoms with E-state index >= 15 is 0 Å². The van der Waals surface area contributed by atoms with E-state index in [2.05, 4.69) is 15.9 Å². The van der Waals surface area contributed by atoms with Crippen LogP contribution in [0.15, 0.2) is 89.4 Å². The summed E-state index contributed by atoms with van der Waals surface area (Å²) in [7, 11) is 0. The van der Waals surface area contributed by atoms with Crippen LogP contribution in [0.5, 0.6) is 0 Å². The zero-order valence-electron chi connectivity index (χ0n) is 15.0. The second kappa shape index (κ2) is 9.49. The lowest BCUT2D eigenvalue weighted by Gasteiger charge is -2.29. The summed E-state index contributed by atoms with van der Waals surface area (Å²) < 4.78 is 0.940. The van der Waals surface area contributed by atoms with Gasteiger partial charge in [0.25, 0.3) is 0 Å². The van der Waals surface area contributed by atoms with Gasteiger partial charge in [-0.1, -0.05) is 94.8 Å². The fraction of sp³-hybridized carbons (Fsp3) is 0.174. The molecule has 0 bridgehead atoms. The van der Waals surface area contributed by atoms with Crippen LogP contribution in [-0.2, 0) is 24.3 Å². The van der Waals surface area contributed by atoms with Crippen LogP contribution in [0.3, 0.4) is 0 Å². The summed E-state index contributed by atoms with van der Waals surface area (Å²) in [4.78, 5) is 14.2. The number of carbonyl (C=O) groups is 1. The molecular weight excluding hydrogens is 402 g/mol. The molecule has 1 atom stereocenters. The Morgan fingerprint density at radius 3 is 1.78 bits per heavy atom. The first-order valence-electron chi connectivity index (χ1n) is 8.91. The average Bonchev–Trinajstić information content (AvgIpc) is 2.68. The summed E-state index contributed by atoms with van der Waals surface area (Å²) in [5.41, 5.74) is 3.20. The van der Waals surface area contributed by atoms with Gasteiger partial charge >= 0.3 is 5.97 Å². The van der Waals surface area contributed by atoms with Gasteiger partial charge in [-0.3, -0.25) is 9.69 Å². The first-order valence-corrected chi connectivity index (χ1v) is 9.71. The fourth-order valence-electron chi connectivity index (χ4n) is 3.16. The van der Waals surface area contributed by atoms with Crippen molar-refractivity contribution in [1.29, 1.82) is 0 Å². The summed E-state index contributed by atoms with van der Waals surface area (Å²) >= 11 is 3.55. The fourth-order valence-corrected chi connectivity index (χ4v) is 3.60. The maximum Gasteiger partial charge on any atom is 0.321 e. The first-order chi connectivity index (χ1) is 13.1. The Morgan fingerprint density at radius 1 is 0.815 bits per heavy atom. The van der Waals surface area contributed by atoms with E-state index in [1.807, 2.05) is 89.8 Å². The van der Waals surface area contributed by atoms with Crippen molar-refractivity contribution in [2.45, 2.75) is 25.6 Å². The van der Waals surface area contributed by atoms with Crippen molar-refractivity contribution in [3.8, 4) is 0 Å². The van der Waals surface area contributed by atoms with E-state index in [1.54, 1.807) is 0 Å². The Bertz CT molecular complexity index is 826. The Labute approximate surface area is 168 Å². The molecule has 0 aliphatic carbocycles. The van der Waals surface area contributed by atoms with Crippen molar-refractivity contribution < 1.29 is 9.90 Å². The summed E-state index contributed by atoms with van der Waals surface area (Å²) in [5.74, 6) is -0.808. The Balaban J connectivity index is 1.89. The van der Waals surface area contributed by atoms with Gasteiger partial charge in [0.05, 0.1) is 0 Å². The number of rotatable bonds is 8. The molecule has 0 amide bonds. The lowest BCUT2D eigenvalue weighted by atomic mass is 10.0. The third-order valence-corrected chi connectivity index (χ3v) is 5.33. The van der Waals surface area contributed by atoms with Crippen molar-refractivity contribution in [2.24, 2.45) is 0 Å². The molecule has 0 heterocycles. The van der Waals surface area contributed by atoms with E-state index in [9.17, 15) is 9.90 Å². The molecule has 0 aliphatic heterocycles. The highest BCUT2D eigenvalue weighted by atomic mass is 79.9. The van der Waals surface area contributed by atoms with Gasteiger partial charge in [0.1, 0.15) is 6.04 Å². The zero-order chi connectivity index (χ0) is 19.1. The highest BCUT2D eigenvalue weighted by molar-refractivity contribution is 9.10. The molecule has 3 aromatic carbocycles. The molecule has 27 heavy (non-hydrogen) atoms. The van der Waals surface area contributed by atoms with Crippen LogP contribution in [0.25, 0.3) is 0 Å². The largest absolute Gasteiger partial charge is 0.480 e. The molecule has 0 saturated carbocycles. The van der Waals surface area contributed by atoms with E-state index in [0.717, 1.165) is 21.2 Å². The molecular formula is C23H22BrNO2. The Hall–Kier alpha value is -2.43. The minimum absolute atomic E-state index is 0.441. The van der Waals surface area contributed by atoms with Gasteiger partial charge in [-0.05, 0) is 29.2 Å². The first kappa shape index (κ1) is 19.3. The number of aliphatic carboxylic acids is 1. The van der Waals surface area contributed by atoms with E-state index in [4.69, 9.17) is 0 Å². The highest BCUT2D eigenvalue weighted by Gasteiger charge is 2.27. The van der Waals surface area contributed by atoms with Crippen LogP contribution >= 0.6 is 15.9 Å². The van der Waals surface area contributed by atoms with Crippen molar-refractivity contribution in [1.82, 2.24) is 4.90 Å². The van der Waals surface area contributed by atoms with Crippen molar-refractivity contribution in [2.75, 3.05) is 0 Å². The number of carboxylic acids is 1. The van der Waals surface area contributed by atoms with Crippen LogP contribution in [0, 0.1) is 0 Å². The topological polar surface area (TPSA) is 40.5 Å². The van der Waals surface area contributed by atoms with Gasteiger partial charge in [0.2, 0.25) is 0 Å². The van der Waals surface area contributed by atoms with Crippen molar-refractivity contribution in [3.63, 3.8) is 0 Å². The summed E-state index contributed by atoms with van der Waals surface area (Å²) in [6.45, 7) is 1.16. The molecule has 0 radical (unpaired) electrons. The number of nitrogens with zero attached hydrogens (tertiary/aromatic N) is 1. The lowest BCUT2D eigenvalue weighted by Crippen LogP contribution is -2.42. The molecule has 3 rings (SSSR count). The maximum atomic E-state index is 12.2. The highest BCUT2D eigenvalue weighted by Crippen LogP contribution is 2.22. The second-order valence-corrected chi connectivity index (χ2v) is 7.38. The van der Waals surface area contributed by atoms with Crippen LogP contribution in [0.1, 0.15) is 16.7 Å². The lowest BCUT2D eigenvalue weighted by molar-refractivity contribution is -0.143. The number of hydrogen-bond acceptors (Lipinski definition) is 2. The predicted octanol–water partition coefficient (Wildman–Crippen LogP) is 5.15. The molecule has 3 aromatic rings. The SMILES string of the molecule is O=C(O)[C@H](Cc1ccccc1Br)N(Cc1ccccc1)Cc1ccccc1. The predicted molar refractivity (Wildman–Crippen MR) is 111 cm³/mol. The number of halogens is 1. The molecule has 0 aliphatic rings. The van der Waals surface area contributed by atoms with E-state index in [-0.39, 0.29) is 0 Å². The van der Waals surface area contributed by atoms with Gasteiger partial charge in [0, 0.05) is 17.6 Å². The molecule has 3 nitrogen and oxygen atoms in total. The molecule has 0 aromatic heterocycles. The molecule has 0 saturated heterocycles. The molecule has 0 spiro atoms. The third kappa shape index (κ3) is 5.52. The van der Waals surface area contributed by atoms with Gasteiger partial charge in [0.15, 0.2) is 0 Å². The van der Waals surface area contributed by atoms with Crippen LogP contribution in [0.4, 0.5) is 0 Å². The summed E-state index contributed by atoms with van der Waals surface area (Å²) in [5, 5.41) is 9.99. The minimum Gasteiger partial charge on any atom is -0.480 e. The van der Waals surface area contributed by atoms with Crippen molar-refractivity contribution in [3.05, 3.63) is 106 Å². The van der Waals surface area contributed by atoms with Crippen molar-refractivity contribution >= 4 is 21.9 Å². The third-order valence-electron chi connectivity index (χ3n) is 4.55. The molecule has 1 N–H and O–H groups in total. The molecule has 0 unspecified atom stereocenters. The average molecular weight is 424 g/mol. The van der Waals surface area contributed by atoms with Gasteiger partial charge in [-0.15, -0.1) is 0 Å². The number of benzene rings is 3. The Morgan fingerprint density at radius 2 is 1.30 bits per heavy atom. The zero-order valence-corrected chi connectivity index (χ0v) is 16.5. The van der Waals surface area contributed by atoms with E-state index in [1.165, 1.54) is 0 Å². The molecule has 4 heteroatoms. The maximum absolute atomic E-state index is 12.2. The van der Waals surface area contributed by atoms with Crippen LogP contribution in [0.2, 0.25) is 0 Å². The van der Waals surface area contributed by atoms with Gasteiger partial charge in [-0.25, -0.2) is 0 Å². The normalized spacial score (nSPS) is 12.1. The number of hydrogen-bond donors (Lipinski definition) is 1. The van der Waals surface area contributed by atoms with Gasteiger partial charge < -0.3 is 5.11 Å². The monoisotopic (exact) mass is 423 g/mol. The Kier molecular flexibility index (Phi) is 6.80. The summed E-state index contributed by atoms with van der Waals surface area (Å²) in [6.07, 6.45) is 0.441. The quantitative estimate of drug-likeness (QED) is 0.544. The number of carboxylic acid groups (broad SMARTS) is 1. The van der Waals surface area contributed by atoms with E-state index in [0.29, 0.717) is 19.5 Å². The smallest absolute Gasteiger partial charge is 0.321 e. The standard InChI is InChI=1S/C23H22BrNO2/c24-21-14-8-7-13-20(21)15-22(23(26)27)25(16-18-9-3-1-4-10-18)17-19-11-5-2-6-12-19/h1-14,22H,15-17H2,(H,26,27)/t22-/m0/s1. The van der Waals surface area contributed by atoms with Crippen LogP contribution < -0.4 is 0 Å². The molecule has 138 valence electrons. The molecule has 0 fully saturated rings. The summed E-state index contributed by atoms with van der Waals surface area (Å²) in [6, 6.07) is 27.2. The van der Waals surface area contributed by atoms with Gasteiger partial charge in [-0.2, -0.15) is 0 Å². The van der Waals surface area contributed by atoms with E-state index < -0.39 is 12.0 Å². The minimum atomic E-state index is -0.808. The van der Waals surface area contributed by atoms with Crippen LogP contribution in [-0.4, -0.2) is 22.0 Å².